The molecular weight excluding hydrogens is 311 g/mol. The lowest BCUT2D eigenvalue weighted by molar-refractivity contribution is -0.127. The van der Waals surface area contributed by atoms with Gasteiger partial charge in [-0.25, -0.2) is 4.39 Å². The van der Waals surface area contributed by atoms with E-state index in [-0.39, 0.29) is 43.1 Å². The SMILES string of the molecule is Cc1ccc(N2CC(C(=O)NC(CCO)C3CC3)CC2=O)c(F)c1. The normalized spacial score (nSPS) is 21.9. The first kappa shape index (κ1) is 16.9. The first-order valence-electron chi connectivity index (χ1n) is 8.47. The number of nitrogens with zero attached hydrogens (tertiary/aromatic N) is 1. The standard InChI is InChI=1S/C18H23FN2O3/c1-11-2-5-16(14(19)8-11)21-10-13(9-17(21)23)18(24)20-15(6-7-22)12-3-4-12/h2,5,8,12-13,15,22H,3-4,6-7,9-10H2,1H3,(H,20,24). The second-order valence-corrected chi connectivity index (χ2v) is 6.83. The Bertz CT molecular complexity index is 645. The molecule has 1 aliphatic carbocycles. The zero-order chi connectivity index (χ0) is 17.3. The summed E-state index contributed by atoms with van der Waals surface area (Å²) in [6, 6.07) is 4.70. The highest BCUT2D eigenvalue weighted by Gasteiger charge is 2.38. The van der Waals surface area contributed by atoms with Crippen LogP contribution in [0.25, 0.3) is 0 Å². The maximum atomic E-state index is 14.1. The Kier molecular flexibility index (Phi) is 4.85. The van der Waals surface area contributed by atoms with Gasteiger partial charge in [0.25, 0.3) is 0 Å². The van der Waals surface area contributed by atoms with Crippen molar-refractivity contribution in [1.29, 1.82) is 0 Å². The quantitative estimate of drug-likeness (QED) is 0.833. The smallest absolute Gasteiger partial charge is 0.227 e. The van der Waals surface area contributed by atoms with Crippen molar-refractivity contribution in [2.24, 2.45) is 11.8 Å². The third-order valence-electron chi connectivity index (χ3n) is 4.85. The van der Waals surface area contributed by atoms with E-state index in [1.165, 1.54) is 11.0 Å². The summed E-state index contributed by atoms with van der Waals surface area (Å²) in [5.41, 5.74) is 1.02. The van der Waals surface area contributed by atoms with Gasteiger partial charge in [0.2, 0.25) is 11.8 Å². The van der Waals surface area contributed by atoms with Crippen molar-refractivity contribution in [3.8, 4) is 0 Å². The fraction of sp³-hybridized carbons (Fsp3) is 0.556. The second kappa shape index (κ2) is 6.89. The van der Waals surface area contributed by atoms with Crippen LogP contribution in [0.4, 0.5) is 10.1 Å². The van der Waals surface area contributed by atoms with E-state index in [9.17, 15) is 14.0 Å². The summed E-state index contributed by atoms with van der Waals surface area (Å²) in [6.45, 7) is 2.01. The summed E-state index contributed by atoms with van der Waals surface area (Å²) in [7, 11) is 0. The Balaban J connectivity index is 1.66. The molecule has 2 aliphatic rings. The number of nitrogens with one attached hydrogen (secondary N) is 1. The van der Waals surface area contributed by atoms with Gasteiger partial charge in [-0.3, -0.25) is 9.59 Å². The first-order chi connectivity index (χ1) is 11.5. The Morgan fingerprint density at radius 1 is 1.46 bits per heavy atom. The average molecular weight is 334 g/mol. The number of hydrogen-bond acceptors (Lipinski definition) is 3. The molecule has 2 fully saturated rings. The van der Waals surface area contributed by atoms with Crippen LogP contribution in [0.1, 0.15) is 31.2 Å². The van der Waals surface area contributed by atoms with Gasteiger partial charge in [0.15, 0.2) is 0 Å². The molecule has 2 atom stereocenters. The maximum Gasteiger partial charge on any atom is 0.227 e. The molecule has 0 aromatic heterocycles. The molecule has 2 unspecified atom stereocenters. The molecule has 1 aromatic carbocycles. The van der Waals surface area contributed by atoms with Gasteiger partial charge in [-0.05, 0) is 49.8 Å². The molecule has 1 aromatic rings. The Hall–Kier alpha value is -1.95. The van der Waals surface area contributed by atoms with Gasteiger partial charge in [-0.2, -0.15) is 0 Å². The monoisotopic (exact) mass is 334 g/mol. The van der Waals surface area contributed by atoms with Crippen molar-refractivity contribution in [3.63, 3.8) is 0 Å². The largest absolute Gasteiger partial charge is 0.396 e. The molecule has 0 bridgehead atoms. The number of anilines is 1. The molecule has 1 saturated heterocycles. The van der Waals surface area contributed by atoms with Gasteiger partial charge >= 0.3 is 0 Å². The highest BCUT2D eigenvalue weighted by atomic mass is 19.1. The number of aliphatic hydroxyl groups excluding tert-OH is 1. The minimum atomic E-state index is -0.474. The lowest BCUT2D eigenvalue weighted by Crippen LogP contribution is -2.41. The maximum absolute atomic E-state index is 14.1. The van der Waals surface area contributed by atoms with Crippen LogP contribution in [-0.2, 0) is 9.59 Å². The summed E-state index contributed by atoms with van der Waals surface area (Å²) < 4.78 is 14.1. The van der Waals surface area contributed by atoms with Crippen LogP contribution in [0.2, 0.25) is 0 Å². The van der Waals surface area contributed by atoms with Crippen molar-refractivity contribution in [2.45, 2.75) is 38.6 Å². The van der Waals surface area contributed by atoms with Gasteiger partial charge in [0.05, 0.1) is 11.6 Å². The molecule has 6 heteroatoms. The number of hydrogen-bond donors (Lipinski definition) is 2. The lowest BCUT2D eigenvalue weighted by atomic mass is 10.0. The van der Waals surface area contributed by atoms with Gasteiger partial charge in [-0.15, -0.1) is 0 Å². The molecule has 5 nitrogen and oxygen atoms in total. The predicted molar refractivity (Wildman–Crippen MR) is 88.0 cm³/mol. The summed E-state index contributed by atoms with van der Waals surface area (Å²) >= 11 is 0. The molecule has 1 aliphatic heterocycles. The molecule has 24 heavy (non-hydrogen) atoms. The fourth-order valence-corrected chi connectivity index (χ4v) is 3.31. The summed E-state index contributed by atoms with van der Waals surface area (Å²) in [6.07, 6.45) is 2.76. The van der Waals surface area contributed by atoms with E-state index >= 15 is 0 Å². The molecule has 0 spiro atoms. The minimum Gasteiger partial charge on any atom is -0.396 e. The molecule has 2 N–H and O–H groups in total. The van der Waals surface area contributed by atoms with E-state index < -0.39 is 11.7 Å². The number of rotatable bonds is 6. The van der Waals surface area contributed by atoms with Gasteiger partial charge in [0, 0.05) is 25.6 Å². The zero-order valence-electron chi connectivity index (χ0n) is 13.8. The van der Waals surface area contributed by atoms with Gasteiger partial charge in [0.1, 0.15) is 5.82 Å². The van der Waals surface area contributed by atoms with Crippen molar-refractivity contribution in [1.82, 2.24) is 5.32 Å². The number of halogens is 1. The van der Waals surface area contributed by atoms with Gasteiger partial charge < -0.3 is 15.3 Å². The third kappa shape index (κ3) is 3.59. The van der Waals surface area contributed by atoms with E-state index in [0.717, 1.165) is 18.4 Å². The zero-order valence-corrected chi connectivity index (χ0v) is 13.8. The van der Waals surface area contributed by atoms with Gasteiger partial charge in [-0.1, -0.05) is 6.07 Å². The molecule has 130 valence electrons. The van der Waals surface area contributed by atoms with Crippen molar-refractivity contribution >= 4 is 17.5 Å². The molecule has 3 rings (SSSR count). The van der Waals surface area contributed by atoms with E-state index in [2.05, 4.69) is 5.32 Å². The highest BCUT2D eigenvalue weighted by molar-refractivity contribution is 6.00. The van der Waals surface area contributed by atoms with Crippen molar-refractivity contribution in [3.05, 3.63) is 29.6 Å². The Morgan fingerprint density at radius 2 is 2.21 bits per heavy atom. The number of amides is 2. The minimum absolute atomic E-state index is 0.0252. The molecule has 1 heterocycles. The number of carbonyl (C=O) groups excluding carboxylic acids is 2. The summed E-state index contributed by atoms with van der Waals surface area (Å²) in [4.78, 5) is 26.0. The van der Waals surface area contributed by atoms with Crippen LogP contribution in [0, 0.1) is 24.6 Å². The third-order valence-corrected chi connectivity index (χ3v) is 4.85. The van der Waals surface area contributed by atoms with E-state index in [4.69, 9.17) is 5.11 Å². The Morgan fingerprint density at radius 3 is 2.83 bits per heavy atom. The molecule has 1 saturated carbocycles. The van der Waals surface area contributed by atoms with Crippen molar-refractivity contribution in [2.75, 3.05) is 18.1 Å². The van der Waals surface area contributed by atoms with Crippen LogP contribution in [0.15, 0.2) is 18.2 Å². The summed E-state index contributed by atoms with van der Waals surface area (Å²) in [5, 5.41) is 12.1. The van der Waals surface area contributed by atoms with Crippen LogP contribution in [0.3, 0.4) is 0 Å². The number of aryl methyl sites for hydroxylation is 1. The molecule has 0 radical (unpaired) electrons. The topological polar surface area (TPSA) is 69.6 Å². The van der Waals surface area contributed by atoms with Crippen LogP contribution >= 0.6 is 0 Å². The lowest BCUT2D eigenvalue weighted by Gasteiger charge is -2.20. The number of aliphatic hydroxyl groups is 1. The number of carbonyl (C=O) groups is 2. The van der Waals surface area contributed by atoms with E-state index in [1.807, 2.05) is 0 Å². The fourth-order valence-electron chi connectivity index (χ4n) is 3.31. The number of benzene rings is 1. The molecular formula is C18H23FN2O3. The average Bonchev–Trinajstić information content (AvgIpc) is 3.30. The van der Waals surface area contributed by atoms with E-state index in [0.29, 0.717) is 12.3 Å². The van der Waals surface area contributed by atoms with Crippen LogP contribution < -0.4 is 10.2 Å². The molecule has 2 amide bonds. The van der Waals surface area contributed by atoms with Crippen molar-refractivity contribution < 1.29 is 19.1 Å². The first-order valence-corrected chi connectivity index (χ1v) is 8.47. The summed E-state index contributed by atoms with van der Waals surface area (Å²) in [5.74, 6) is -0.894. The second-order valence-electron chi connectivity index (χ2n) is 6.83. The Labute approximate surface area is 140 Å². The van der Waals surface area contributed by atoms with E-state index in [1.54, 1.807) is 19.1 Å². The highest BCUT2D eigenvalue weighted by Crippen LogP contribution is 2.34. The van der Waals surface area contributed by atoms with Crippen LogP contribution in [-0.4, -0.2) is 36.1 Å². The predicted octanol–water partition coefficient (Wildman–Crippen LogP) is 1.76. The van der Waals surface area contributed by atoms with Crippen LogP contribution in [0.5, 0.6) is 0 Å².